The lowest BCUT2D eigenvalue weighted by atomic mass is 9.97. The van der Waals surface area contributed by atoms with Gasteiger partial charge in [-0.05, 0) is 65.5 Å². The molecule has 4 unspecified atom stereocenters. The van der Waals surface area contributed by atoms with Crippen molar-refractivity contribution in [1.82, 2.24) is 34.3 Å². The molecule has 6 heterocycles. The lowest BCUT2D eigenvalue weighted by Crippen LogP contribution is -2.61. The lowest BCUT2D eigenvalue weighted by Gasteiger charge is -2.46. The van der Waals surface area contributed by atoms with Crippen LogP contribution >= 0.6 is 0 Å². The molecular formula is C31H49N9O3. The average molecular weight is 596 g/mol. The Morgan fingerprint density at radius 1 is 1.09 bits per heavy atom. The summed E-state index contributed by atoms with van der Waals surface area (Å²) in [6.45, 7) is 10.6. The molecule has 2 aromatic heterocycles. The predicted molar refractivity (Wildman–Crippen MR) is 167 cm³/mol. The molecule has 2 aromatic rings. The molecule has 6 rings (SSSR count). The Bertz CT molecular complexity index is 1280. The highest BCUT2D eigenvalue weighted by Crippen LogP contribution is 2.38. The molecule has 4 saturated heterocycles. The first-order valence-electron chi connectivity index (χ1n) is 16.2. The van der Waals surface area contributed by atoms with Crippen LogP contribution in [0.25, 0.3) is 5.65 Å². The molecule has 43 heavy (non-hydrogen) atoms. The number of nitrogens with one attached hydrogen (secondary N) is 2. The Hall–Kier alpha value is -2.96. The number of rotatable bonds is 10. The zero-order chi connectivity index (χ0) is 30.1. The summed E-state index contributed by atoms with van der Waals surface area (Å²) in [5, 5.41) is 11.9. The smallest absolute Gasteiger partial charge is 0.410 e. The first-order chi connectivity index (χ1) is 20.8. The van der Waals surface area contributed by atoms with E-state index in [1.54, 1.807) is 0 Å². The van der Waals surface area contributed by atoms with Gasteiger partial charge in [-0.2, -0.15) is 19.6 Å². The second-order valence-electron chi connectivity index (χ2n) is 13.3. The standard InChI is InChI=1S/C31H49N9O3/c1-20(2)26-18-32-40-28(26)35-29(33-22-10-14-42-15-11-22)36-30(40)34-23-16-24-8-9-25(17-23)39(24)31(41)43-27-19-38(21(27)3)13-7-6-12-37(4)5/h6-7,18,20-25,27H,8-17,19H2,1-5H3,(H2,33,34,35,36)/b7-6+. The number of carbonyl (C=O) groups is 1. The van der Waals surface area contributed by atoms with Crippen LogP contribution in [0, 0.1) is 0 Å². The summed E-state index contributed by atoms with van der Waals surface area (Å²) in [5.74, 6) is 1.63. The number of likely N-dealkylation sites (tertiary alicyclic amines) is 1. The van der Waals surface area contributed by atoms with Crippen molar-refractivity contribution >= 4 is 23.6 Å². The van der Waals surface area contributed by atoms with Crippen LogP contribution in [0.3, 0.4) is 0 Å². The second-order valence-corrected chi connectivity index (χ2v) is 13.3. The molecule has 1 amide bonds. The van der Waals surface area contributed by atoms with Crippen molar-refractivity contribution in [3.63, 3.8) is 0 Å². The van der Waals surface area contributed by atoms with Crippen molar-refractivity contribution < 1.29 is 14.3 Å². The summed E-state index contributed by atoms with van der Waals surface area (Å²) in [7, 11) is 4.13. The van der Waals surface area contributed by atoms with E-state index in [1.165, 1.54) is 0 Å². The molecule has 4 aliphatic heterocycles. The summed E-state index contributed by atoms with van der Waals surface area (Å²) < 4.78 is 13.4. The fraction of sp³-hybridized carbons (Fsp3) is 0.742. The maximum Gasteiger partial charge on any atom is 0.410 e. The summed E-state index contributed by atoms with van der Waals surface area (Å²) in [6.07, 6.45) is 11.7. The minimum atomic E-state index is -0.147. The van der Waals surface area contributed by atoms with E-state index in [1.807, 2.05) is 15.6 Å². The van der Waals surface area contributed by atoms with Crippen molar-refractivity contribution in [3.8, 4) is 0 Å². The Labute approximate surface area is 255 Å². The zero-order valence-corrected chi connectivity index (χ0v) is 26.4. The summed E-state index contributed by atoms with van der Waals surface area (Å²) in [5.41, 5.74) is 1.94. The molecule has 0 saturated carbocycles. The second kappa shape index (κ2) is 13.0. The number of hydrogen-bond donors (Lipinski definition) is 2. The Balaban J connectivity index is 1.08. The zero-order valence-electron chi connectivity index (χ0n) is 26.4. The lowest BCUT2D eigenvalue weighted by molar-refractivity contribution is -0.0691. The third-order valence-electron chi connectivity index (χ3n) is 9.61. The average Bonchev–Trinajstić information content (AvgIpc) is 3.53. The van der Waals surface area contributed by atoms with Crippen LogP contribution in [-0.2, 0) is 9.47 Å². The van der Waals surface area contributed by atoms with E-state index < -0.39 is 0 Å². The van der Waals surface area contributed by atoms with E-state index in [0.717, 1.165) is 82.6 Å². The largest absolute Gasteiger partial charge is 0.443 e. The molecule has 4 atom stereocenters. The third kappa shape index (κ3) is 6.61. The van der Waals surface area contributed by atoms with Crippen LogP contribution in [0.5, 0.6) is 0 Å². The summed E-state index contributed by atoms with van der Waals surface area (Å²) in [6, 6.07) is 1.06. The Kier molecular flexibility index (Phi) is 9.06. The highest BCUT2D eigenvalue weighted by Gasteiger charge is 2.46. The van der Waals surface area contributed by atoms with Crippen LogP contribution in [-0.4, -0.2) is 124 Å². The van der Waals surface area contributed by atoms with Crippen molar-refractivity contribution in [2.45, 2.75) is 102 Å². The fourth-order valence-corrected chi connectivity index (χ4v) is 6.97. The van der Waals surface area contributed by atoms with E-state index in [2.05, 4.69) is 72.6 Å². The van der Waals surface area contributed by atoms with Gasteiger partial charge in [0.15, 0.2) is 5.65 Å². The molecule has 236 valence electrons. The van der Waals surface area contributed by atoms with Gasteiger partial charge >= 0.3 is 6.09 Å². The number of aromatic nitrogens is 4. The molecule has 0 spiro atoms. The van der Waals surface area contributed by atoms with Crippen LogP contribution in [0.15, 0.2) is 18.3 Å². The van der Waals surface area contributed by atoms with Crippen LogP contribution in [0.1, 0.15) is 70.8 Å². The van der Waals surface area contributed by atoms with Gasteiger partial charge in [-0.15, -0.1) is 0 Å². The first kappa shape index (κ1) is 30.1. The quantitative estimate of drug-likeness (QED) is 0.396. The topological polar surface area (TPSA) is 112 Å². The molecule has 12 heteroatoms. The number of amides is 1. The number of ether oxygens (including phenoxy) is 2. The van der Waals surface area contributed by atoms with Gasteiger partial charge in [0.05, 0.1) is 6.20 Å². The van der Waals surface area contributed by atoms with E-state index in [0.29, 0.717) is 23.9 Å². The number of nitrogens with zero attached hydrogens (tertiary/aromatic N) is 7. The van der Waals surface area contributed by atoms with Crippen molar-refractivity contribution in [2.24, 2.45) is 0 Å². The van der Waals surface area contributed by atoms with Gasteiger partial charge in [-0.3, -0.25) is 4.90 Å². The molecule has 4 aliphatic rings. The van der Waals surface area contributed by atoms with Crippen molar-refractivity contribution in [3.05, 3.63) is 23.9 Å². The predicted octanol–water partition coefficient (Wildman–Crippen LogP) is 3.57. The number of carbonyl (C=O) groups excluding carboxylic acids is 1. The molecular weight excluding hydrogens is 546 g/mol. The van der Waals surface area contributed by atoms with Gasteiger partial charge in [0, 0.05) is 68.6 Å². The number of fused-ring (bicyclic) bond motifs is 3. The Morgan fingerprint density at radius 3 is 2.51 bits per heavy atom. The van der Waals surface area contributed by atoms with Crippen molar-refractivity contribution in [2.75, 3.05) is 57.6 Å². The van der Waals surface area contributed by atoms with Gasteiger partial charge in [0.25, 0.3) is 0 Å². The normalized spacial score (nSPS) is 28.3. The molecule has 4 fully saturated rings. The molecule has 2 bridgehead atoms. The van der Waals surface area contributed by atoms with Gasteiger partial charge in [-0.25, -0.2) is 4.79 Å². The number of anilines is 2. The maximum absolute atomic E-state index is 13.4. The van der Waals surface area contributed by atoms with E-state index in [-0.39, 0.29) is 36.4 Å². The van der Waals surface area contributed by atoms with E-state index in [4.69, 9.17) is 19.4 Å². The van der Waals surface area contributed by atoms with Crippen LogP contribution in [0.2, 0.25) is 0 Å². The minimum absolute atomic E-state index is 0.0454. The summed E-state index contributed by atoms with van der Waals surface area (Å²) in [4.78, 5) is 29.7. The molecule has 12 nitrogen and oxygen atoms in total. The van der Waals surface area contributed by atoms with Crippen LogP contribution < -0.4 is 10.6 Å². The SMILES string of the molecule is CC(C)c1cnn2c(NC3CC4CCC(C3)N4C(=O)OC3CN(C/C=C/CN(C)C)C3C)nc(NC3CCOCC3)nc12. The highest BCUT2D eigenvalue weighted by atomic mass is 16.6. The number of likely N-dealkylation sites (N-methyl/N-ethyl adjacent to an activating group) is 1. The monoisotopic (exact) mass is 595 g/mol. The molecule has 0 aromatic carbocycles. The summed E-state index contributed by atoms with van der Waals surface area (Å²) >= 11 is 0. The maximum atomic E-state index is 13.4. The van der Waals surface area contributed by atoms with Gasteiger partial charge in [0.1, 0.15) is 6.10 Å². The third-order valence-corrected chi connectivity index (χ3v) is 9.61. The number of hydrogen-bond acceptors (Lipinski definition) is 10. The van der Waals surface area contributed by atoms with Gasteiger partial charge in [-0.1, -0.05) is 26.0 Å². The highest BCUT2D eigenvalue weighted by molar-refractivity contribution is 5.70. The Morgan fingerprint density at radius 2 is 1.84 bits per heavy atom. The van der Waals surface area contributed by atoms with Crippen LogP contribution in [0.4, 0.5) is 16.7 Å². The molecule has 0 radical (unpaired) electrons. The molecule has 2 N–H and O–H groups in total. The van der Waals surface area contributed by atoms with E-state index >= 15 is 0 Å². The van der Waals surface area contributed by atoms with Gasteiger partial charge in [0.2, 0.25) is 11.9 Å². The fourth-order valence-electron chi connectivity index (χ4n) is 6.97. The number of piperidine rings is 1. The molecule has 0 aliphatic carbocycles. The minimum Gasteiger partial charge on any atom is -0.443 e. The van der Waals surface area contributed by atoms with Crippen molar-refractivity contribution in [1.29, 1.82) is 0 Å². The first-order valence-corrected chi connectivity index (χ1v) is 16.2. The van der Waals surface area contributed by atoms with E-state index in [9.17, 15) is 4.79 Å². The van der Waals surface area contributed by atoms with Gasteiger partial charge < -0.3 is 29.9 Å².